The number of benzene rings is 1. The molecule has 0 radical (unpaired) electrons. The van der Waals surface area contributed by atoms with Gasteiger partial charge in [0.1, 0.15) is 11.6 Å². The summed E-state index contributed by atoms with van der Waals surface area (Å²) in [7, 11) is 0. The lowest BCUT2D eigenvalue weighted by atomic mass is 9.92. The minimum Gasteiger partial charge on any atom is -0.340 e. The molecule has 22 heavy (non-hydrogen) atoms. The van der Waals surface area contributed by atoms with Gasteiger partial charge in [-0.05, 0) is 31.2 Å². The predicted molar refractivity (Wildman–Crippen MR) is 89.5 cm³/mol. The van der Waals surface area contributed by atoms with Crippen molar-refractivity contribution in [3.05, 3.63) is 41.9 Å². The zero-order valence-corrected chi connectivity index (χ0v) is 13.7. The Morgan fingerprint density at radius 2 is 1.64 bits per heavy atom. The van der Waals surface area contributed by atoms with E-state index in [1.165, 1.54) is 6.92 Å². The molecule has 116 valence electrons. The third-order valence-electron chi connectivity index (χ3n) is 3.08. The largest absolute Gasteiger partial charge is 0.340 e. The number of aromatic nitrogens is 2. The highest BCUT2D eigenvalue weighted by Gasteiger charge is 2.17. The molecule has 0 bridgehead atoms. The minimum atomic E-state index is -0.0815. The average molecular weight is 298 g/mol. The lowest BCUT2D eigenvalue weighted by Gasteiger charge is -2.19. The van der Waals surface area contributed by atoms with Crippen molar-refractivity contribution in [3.8, 4) is 0 Å². The van der Waals surface area contributed by atoms with Crippen LogP contribution >= 0.6 is 0 Å². The Morgan fingerprint density at radius 3 is 2.18 bits per heavy atom. The number of hydrogen-bond donors (Lipinski definition) is 2. The SMILES string of the molecule is CC(=O)Nc1ccc(Nc2cc(C(C)(C)C)nc(C)n2)cc1. The van der Waals surface area contributed by atoms with Crippen LogP contribution in [-0.2, 0) is 10.2 Å². The van der Waals surface area contributed by atoms with Crippen LogP contribution in [0.1, 0.15) is 39.2 Å². The molecule has 5 nitrogen and oxygen atoms in total. The van der Waals surface area contributed by atoms with Gasteiger partial charge in [0.05, 0.1) is 5.69 Å². The molecule has 0 unspecified atom stereocenters. The summed E-state index contributed by atoms with van der Waals surface area (Å²) in [4.78, 5) is 19.9. The lowest BCUT2D eigenvalue weighted by molar-refractivity contribution is -0.114. The van der Waals surface area contributed by atoms with Crippen LogP contribution < -0.4 is 10.6 Å². The molecular formula is C17H22N4O. The Kier molecular flexibility index (Phi) is 4.45. The zero-order valence-electron chi connectivity index (χ0n) is 13.7. The summed E-state index contributed by atoms with van der Waals surface area (Å²) in [5, 5.41) is 6.02. The van der Waals surface area contributed by atoms with Crippen LogP contribution in [-0.4, -0.2) is 15.9 Å². The molecule has 0 fully saturated rings. The van der Waals surface area contributed by atoms with Crippen molar-refractivity contribution >= 4 is 23.1 Å². The van der Waals surface area contributed by atoms with Crippen LogP contribution in [0.4, 0.5) is 17.2 Å². The van der Waals surface area contributed by atoms with E-state index in [1.807, 2.05) is 37.3 Å². The molecule has 0 aliphatic carbocycles. The third-order valence-corrected chi connectivity index (χ3v) is 3.08. The maximum Gasteiger partial charge on any atom is 0.221 e. The Labute approximate surface area is 131 Å². The smallest absolute Gasteiger partial charge is 0.221 e. The number of hydrogen-bond acceptors (Lipinski definition) is 4. The number of rotatable bonds is 3. The van der Waals surface area contributed by atoms with E-state index in [2.05, 4.69) is 41.4 Å². The molecule has 2 rings (SSSR count). The van der Waals surface area contributed by atoms with Gasteiger partial charge in [-0.2, -0.15) is 0 Å². The quantitative estimate of drug-likeness (QED) is 0.905. The maximum atomic E-state index is 11.0. The molecule has 0 aliphatic heterocycles. The molecule has 1 amide bonds. The molecular weight excluding hydrogens is 276 g/mol. The van der Waals surface area contributed by atoms with Crippen LogP contribution in [0.25, 0.3) is 0 Å². The summed E-state index contributed by atoms with van der Waals surface area (Å²) < 4.78 is 0. The van der Waals surface area contributed by atoms with Crippen molar-refractivity contribution in [3.63, 3.8) is 0 Å². The lowest BCUT2D eigenvalue weighted by Crippen LogP contribution is -2.15. The third kappa shape index (κ3) is 4.28. The number of carbonyl (C=O) groups is 1. The first-order valence-electron chi connectivity index (χ1n) is 7.25. The number of aryl methyl sites for hydroxylation is 1. The summed E-state index contributed by atoms with van der Waals surface area (Å²) in [6.07, 6.45) is 0. The Bertz CT molecular complexity index is 672. The normalized spacial score (nSPS) is 11.1. The number of amides is 1. The van der Waals surface area contributed by atoms with Gasteiger partial charge in [-0.15, -0.1) is 0 Å². The van der Waals surface area contributed by atoms with E-state index in [0.29, 0.717) is 0 Å². The summed E-state index contributed by atoms with van der Waals surface area (Å²) in [6.45, 7) is 9.76. The van der Waals surface area contributed by atoms with Gasteiger partial charge in [0, 0.05) is 29.8 Å². The zero-order chi connectivity index (χ0) is 16.3. The van der Waals surface area contributed by atoms with E-state index in [1.54, 1.807) is 0 Å². The maximum absolute atomic E-state index is 11.0. The van der Waals surface area contributed by atoms with Gasteiger partial charge in [0.25, 0.3) is 0 Å². The molecule has 5 heteroatoms. The second-order valence-corrected chi connectivity index (χ2v) is 6.32. The highest BCUT2D eigenvalue weighted by Crippen LogP contribution is 2.24. The number of anilines is 3. The molecule has 1 heterocycles. The van der Waals surface area contributed by atoms with Crippen molar-refractivity contribution in [2.24, 2.45) is 0 Å². The first kappa shape index (κ1) is 15.9. The van der Waals surface area contributed by atoms with E-state index in [4.69, 9.17) is 0 Å². The molecule has 2 aromatic rings. The number of nitrogens with zero attached hydrogens (tertiary/aromatic N) is 2. The van der Waals surface area contributed by atoms with Crippen molar-refractivity contribution in [1.29, 1.82) is 0 Å². The topological polar surface area (TPSA) is 66.9 Å². The molecule has 0 saturated carbocycles. The minimum absolute atomic E-state index is 0.0284. The Hall–Kier alpha value is -2.43. The second kappa shape index (κ2) is 6.13. The van der Waals surface area contributed by atoms with Gasteiger partial charge in [0.15, 0.2) is 0 Å². The second-order valence-electron chi connectivity index (χ2n) is 6.32. The fourth-order valence-corrected chi connectivity index (χ4v) is 2.00. The summed E-state index contributed by atoms with van der Waals surface area (Å²) >= 11 is 0. The summed E-state index contributed by atoms with van der Waals surface area (Å²) in [6, 6.07) is 9.47. The van der Waals surface area contributed by atoms with Gasteiger partial charge in [-0.3, -0.25) is 4.79 Å². The monoisotopic (exact) mass is 298 g/mol. The Balaban J connectivity index is 2.20. The number of carbonyl (C=O) groups excluding carboxylic acids is 1. The average Bonchev–Trinajstić information content (AvgIpc) is 2.39. The van der Waals surface area contributed by atoms with Gasteiger partial charge in [0.2, 0.25) is 5.91 Å². The van der Waals surface area contributed by atoms with Gasteiger partial charge >= 0.3 is 0 Å². The van der Waals surface area contributed by atoms with Crippen LogP contribution in [0.2, 0.25) is 0 Å². The fourth-order valence-electron chi connectivity index (χ4n) is 2.00. The van der Waals surface area contributed by atoms with Crippen LogP contribution in [0, 0.1) is 6.92 Å². The van der Waals surface area contributed by atoms with Gasteiger partial charge < -0.3 is 10.6 Å². The van der Waals surface area contributed by atoms with Crippen molar-refractivity contribution in [1.82, 2.24) is 9.97 Å². The van der Waals surface area contributed by atoms with Crippen LogP contribution in [0.5, 0.6) is 0 Å². The van der Waals surface area contributed by atoms with E-state index >= 15 is 0 Å². The van der Waals surface area contributed by atoms with E-state index in [-0.39, 0.29) is 11.3 Å². The van der Waals surface area contributed by atoms with E-state index < -0.39 is 0 Å². The van der Waals surface area contributed by atoms with E-state index in [0.717, 1.165) is 28.7 Å². The fraction of sp³-hybridized carbons (Fsp3) is 0.353. The standard InChI is InChI=1S/C17H22N4O/c1-11-18-15(17(3,4)5)10-16(19-11)21-14-8-6-13(7-9-14)20-12(2)22/h6-10H,1-5H3,(H,20,22)(H,18,19,21). The highest BCUT2D eigenvalue weighted by atomic mass is 16.1. The van der Waals surface area contributed by atoms with Crippen molar-refractivity contribution in [2.45, 2.75) is 40.0 Å². The molecule has 0 spiro atoms. The predicted octanol–water partition coefficient (Wildman–Crippen LogP) is 3.78. The summed E-state index contributed by atoms with van der Waals surface area (Å²) in [5.41, 5.74) is 2.65. The highest BCUT2D eigenvalue weighted by molar-refractivity contribution is 5.88. The molecule has 0 aliphatic rings. The van der Waals surface area contributed by atoms with Crippen LogP contribution in [0.15, 0.2) is 30.3 Å². The van der Waals surface area contributed by atoms with Crippen molar-refractivity contribution in [2.75, 3.05) is 10.6 Å². The van der Waals surface area contributed by atoms with Crippen molar-refractivity contribution < 1.29 is 4.79 Å². The summed E-state index contributed by atoms with van der Waals surface area (Å²) in [5.74, 6) is 1.43. The van der Waals surface area contributed by atoms with Gasteiger partial charge in [-0.1, -0.05) is 20.8 Å². The molecule has 1 aromatic heterocycles. The van der Waals surface area contributed by atoms with Gasteiger partial charge in [-0.25, -0.2) is 9.97 Å². The molecule has 1 aromatic carbocycles. The molecule has 0 atom stereocenters. The first-order valence-corrected chi connectivity index (χ1v) is 7.25. The van der Waals surface area contributed by atoms with E-state index in [9.17, 15) is 4.79 Å². The number of nitrogens with one attached hydrogen (secondary N) is 2. The Morgan fingerprint density at radius 1 is 1.05 bits per heavy atom. The van der Waals surface area contributed by atoms with Crippen LogP contribution in [0.3, 0.4) is 0 Å². The molecule has 2 N–H and O–H groups in total. The first-order chi connectivity index (χ1) is 10.2. The molecule has 0 saturated heterocycles.